The number of rotatable bonds is 14. The van der Waals surface area contributed by atoms with Gasteiger partial charge in [-0.3, -0.25) is 0 Å². The highest BCUT2D eigenvalue weighted by Gasteiger charge is 2.18. The van der Waals surface area contributed by atoms with Crippen LogP contribution in [0.3, 0.4) is 0 Å². The summed E-state index contributed by atoms with van der Waals surface area (Å²) in [6, 6.07) is 124. The first kappa shape index (κ1) is 55.5. The number of para-hydroxylation sites is 1. The van der Waals surface area contributed by atoms with Crippen LogP contribution in [0, 0.1) is 11.3 Å². The lowest BCUT2D eigenvalue weighted by Gasteiger charge is -2.27. The summed E-state index contributed by atoms with van der Waals surface area (Å²) in [5, 5.41) is 14.2. The van der Waals surface area contributed by atoms with Crippen molar-refractivity contribution in [3.8, 4) is 50.6 Å². The van der Waals surface area contributed by atoms with Crippen molar-refractivity contribution in [3.05, 3.63) is 351 Å². The number of nitrogens with zero attached hydrogens (tertiary/aromatic N) is 5. The van der Waals surface area contributed by atoms with Gasteiger partial charge < -0.3 is 19.6 Å². The molecule has 0 saturated carbocycles. The van der Waals surface area contributed by atoms with E-state index in [1.807, 2.05) is 37.4 Å². The zero-order valence-electron chi connectivity index (χ0n) is 49.1. The fraction of sp³-hybridized carbons (Fsp3) is 0.0241. The van der Waals surface area contributed by atoms with E-state index in [-0.39, 0.29) is 0 Å². The van der Waals surface area contributed by atoms with Gasteiger partial charge in [0.05, 0.1) is 17.3 Å². The SMILES string of the molecule is CN(c1ccc(-c2ccc(N(c3cccc(-c4ccccc4)c3)c3cccc4ccccc34)cc2)cc1)c1cccc(C#N)c1.CN(c1ccccc1)c1ccc(-c2ccc(N(c3ccc(-c4ccccc4)cc3)c3ccc4ccccc4c3)cc2)cc1. The fourth-order valence-electron chi connectivity index (χ4n) is 11.6. The zero-order valence-corrected chi connectivity index (χ0v) is 49.1. The van der Waals surface area contributed by atoms with E-state index in [0.717, 1.165) is 62.3 Å². The highest BCUT2D eigenvalue weighted by atomic mass is 15.2. The highest BCUT2D eigenvalue weighted by Crippen LogP contribution is 2.42. The van der Waals surface area contributed by atoms with Gasteiger partial charge in [0.25, 0.3) is 0 Å². The van der Waals surface area contributed by atoms with E-state index >= 15 is 0 Å². The summed E-state index contributed by atoms with van der Waals surface area (Å²) in [5.41, 5.74) is 21.2. The van der Waals surface area contributed by atoms with Crippen LogP contribution in [0.15, 0.2) is 346 Å². The molecule has 0 aliphatic rings. The van der Waals surface area contributed by atoms with Crippen molar-refractivity contribution in [1.29, 1.82) is 5.26 Å². The van der Waals surface area contributed by atoms with E-state index < -0.39 is 0 Å². The molecule has 0 radical (unpaired) electrons. The molecule has 5 nitrogen and oxygen atoms in total. The first-order chi connectivity index (χ1) is 43.4. The number of hydrogen-bond donors (Lipinski definition) is 0. The second-order valence-corrected chi connectivity index (χ2v) is 21.8. The molecule has 0 N–H and O–H groups in total. The van der Waals surface area contributed by atoms with Crippen molar-refractivity contribution in [2.24, 2.45) is 0 Å². The van der Waals surface area contributed by atoms with Crippen LogP contribution in [0.25, 0.3) is 66.1 Å². The standard InChI is InChI=1S/C42H31N3.C41H32N2/c1-44(39-16-7-10-31(28-39)30-43)37-24-20-33(21-25-37)34-22-26-38(27-23-34)45(42-19-9-14-35-13-5-6-18-41(35)42)40-17-8-15-36(29-40)32-11-3-2-4-12-32;1-42(37-14-6-3-7-15-37)38-23-16-34(17-24-38)35-20-27-40(28-21-35)43(41-29-22-32-12-8-9-13-36(32)30-41)39-25-18-33(19-26-39)31-10-4-2-5-11-31/h2-29H,1H3;2-30H,1H3. The zero-order chi connectivity index (χ0) is 59.6. The van der Waals surface area contributed by atoms with Gasteiger partial charge in [0.2, 0.25) is 0 Å². The second kappa shape index (κ2) is 25.6. The molecule has 14 aromatic carbocycles. The summed E-state index contributed by atoms with van der Waals surface area (Å²) in [4.78, 5) is 8.99. The van der Waals surface area contributed by atoms with Crippen molar-refractivity contribution in [2.75, 3.05) is 33.7 Å². The number of fused-ring (bicyclic) bond motifs is 2. The van der Waals surface area contributed by atoms with Crippen molar-refractivity contribution in [3.63, 3.8) is 0 Å². The molecule has 0 amide bonds. The molecule has 0 aliphatic heterocycles. The Labute approximate surface area is 516 Å². The number of hydrogen-bond acceptors (Lipinski definition) is 5. The summed E-state index contributed by atoms with van der Waals surface area (Å²) in [6.07, 6.45) is 0. The molecule has 0 bridgehead atoms. The number of nitriles is 1. The molecule has 5 heteroatoms. The Kier molecular flexibility index (Phi) is 16.2. The fourth-order valence-corrected chi connectivity index (χ4v) is 11.6. The first-order valence-electron chi connectivity index (χ1n) is 29.7. The summed E-state index contributed by atoms with van der Waals surface area (Å²) in [7, 11) is 4.13. The van der Waals surface area contributed by atoms with Gasteiger partial charge in [-0.25, -0.2) is 0 Å². The molecule has 420 valence electrons. The van der Waals surface area contributed by atoms with Crippen molar-refractivity contribution in [2.45, 2.75) is 0 Å². The van der Waals surface area contributed by atoms with Crippen molar-refractivity contribution >= 4 is 78.4 Å². The van der Waals surface area contributed by atoms with Gasteiger partial charge in [-0.15, -0.1) is 0 Å². The summed E-state index contributed by atoms with van der Waals surface area (Å²) in [6.45, 7) is 0. The minimum atomic E-state index is 0.653. The molecule has 0 fully saturated rings. The van der Waals surface area contributed by atoms with Crippen LogP contribution in [0.2, 0.25) is 0 Å². The number of anilines is 10. The molecule has 0 heterocycles. The molecular formula is C83H63N5. The topological polar surface area (TPSA) is 36.8 Å². The predicted octanol–water partition coefficient (Wildman–Crippen LogP) is 22.7. The molecule has 0 saturated heterocycles. The Bertz CT molecular complexity index is 4670. The summed E-state index contributed by atoms with van der Waals surface area (Å²) in [5.74, 6) is 0. The van der Waals surface area contributed by atoms with Gasteiger partial charge in [-0.05, 0) is 182 Å². The third-order valence-corrected chi connectivity index (χ3v) is 16.4. The minimum absolute atomic E-state index is 0.653. The molecule has 0 aromatic heterocycles. The van der Waals surface area contributed by atoms with Crippen molar-refractivity contribution < 1.29 is 0 Å². The first-order valence-corrected chi connectivity index (χ1v) is 29.7. The smallest absolute Gasteiger partial charge is 0.0992 e. The van der Waals surface area contributed by atoms with Crippen LogP contribution in [-0.2, 0) is 0 Å². The summed E-state index contributed by atoms with van der Waals surface area (Å²) >= 11 is 0. The molecule has 0 spiro atoms. The predicted molar refractivity (Wildman–Crippen MR) is 373 cm³/mol. The Morgan fingerprint density at radius 3 is 1.14 bits per heavy atom. The van der Waals surface area contributed by atoms with E-state index in [4.69, 9.17) is 0 Å². The monoisotopic (exact) mass is 1130 g/mol. The van der Waals surface area contributed by atoms with Crippen molar-refractivity contribution in [1.82, 2.24) is 0 Å². The highest BCUT2D eigenvalue weighted by molar-refractivity contribution is 5.99. The van der Waals surface area contributed by atoms with Crippen LogP contribution in [-0.4, -0.2) is 14.1 Å². The van der Waals surface area contributed by atoms with Gasteiger partial charge >= 0.3 is 0 Å². The Balaban J connectivity index is 0.000000162. The quantitative estimate of drug-likeness (QED) is 0.108. The van der Waals surface area contributed by atoms with Gasteiger partial charge in [0, 0.05) is 70.7 Å². The third kappa shape index (κ3) is 12.1. The lowest BCUT2D eigenvalue weighted by atomic mass is 10.0. The van der Waals surface area contributed by atoms with Gasteiger partial charge in [0.1, 0.15) is 0 Å². The number of benzene rings is 14. The Morgan fingerprint density at radius 2 is 0.580 bits per heavy atom. The average Bonchev–Trinajstić information content (AvgIpc) is 1.72. The van der Waals surface area contributed by atoms with E-state index in [2.05, 4.69) is 348 Å². The maximum atomic E-state index is 9.29. The minimum Gasteiger partial charge on any atom is -0.345 e. The Morgan fingerprint density at radius 1 is 0.227 bits per heavy atom. The lowest BCUT2D eigenvalue weighted by Crippen LogP contribution is -2.10. The van der Waals surface area contributed by atoms with Gasteiger partial charge in [-0.1, -0.05) is 224 Å². The lowest BCUT2D eigenvalue weighted by molar-refractivity contribution is 1.21. The van der Waals surface area contributed by atoms with E-state index in [1.165, 1.54) is 60.6 Å². The molecule has 0 unspecified atom stereocenters. The molecule has 14 rings (SSSR count). The van der Waals surface area contributed by atoms with E-state index in [9.17, 15) is 5.26 Å². The maximum absolute atomic E-state index is 9.29. The van der Waals surface area contributed by atoms with Crippen LogP contribution in [0.1, 0.15) is 5.56 Å². The molecule has 0 atom stereocenters. The molecule has 88 heavy (non-hydrogen) atoms. The van der Waals surface area contributed by atoms with E-state index in [0.29, 0.717) is 5.56 Å². The van der Waals surface area contributed by atoms with Crippen LogP contribution >= 0.6 is 0 Å². The summed E-state index contributed by atoms with van der Waals surface area (Å²) < 4.78 is 0. The molecule has 14 aromatic rings. The van der Waals surface area contributed by atoms with Crippen LogP contribution < -0.4 is 19.6 Å². The van der Waals surface area contributed by atoms with E-state index in [1.54, 1.807) is 0 Å². The Hall–Kier alpha value is -11.7. The van der Waals surface area contributed by atoms with Crippen LogP contribution in [0.4, 0.5) is 56.9 Å². The molecule has 0 aliphatic carbocycles. The average molecular weight is 1130 g/mol. The van der Waals surface area contributed by atoms with Gasteiger partial charge in [0.15, 0.2) is 0 Å². The largest absolute Gasteiger partial charge is 0.345 e. The molecular weight excluding hydrogens is 1070 g/mol. The van der Waals surface area contributed by atoms with Gasteiger partial charge in [-0.2, -0.15) is 5.26 Å². The second-order valence-electron chi connectivity index (χ2n) is 21.8. The van der Waals surface area contributed by atoms with Crippen LogP contribution in [0.5, 0.6) is 0 Å². The third-order valence-electron chi connectivity index (χ3n) is 16.4. The maximum Gasteiger partial charge on any atom is 0.0992 e. The normalized spacial score (nSPS) is 10.8.